The van der Waals surface area contributed by atoms with Gasteiger partial charge < -0.3 is 5.32 Å². The molecule has 1 aromatic heterocycles. The molecule has 0 fully saturated rings. The van der Waals surface area contributed by atoms with Crippen LogP contribution in [-0.2, 0) is 0 Å². The standard InChI is InChI=1S/C12H6ClF2N3O3/c13-6-1-2-11(16-5-6)17-12(19)7-3-9(15)10(18(20)21)4-8(7)14/h1-5H,(H,16,17,19). The van der Waals surface area contributed by atoms with Crippen LogP contribution in [0.1, 0.15) is 10.4 Å². The van der Waals surface area contributed by atoms with Crippen LogP contribution < -0.4 is 5.32 Å². The maximum Gasteiger partial charge on any atom is 0.307 e. The van der Waals surface area contributed by atoms with Crippen molar-refractivity contribution in [1.29, 1.82) is 0 Å². The summed E-state index contributed by atoms with van der Waals surface area (Å²) in [6.45, 7) is 0. The Kier molecular flexibility index (Phi) is 4.08. The molecule has 2 aromatic rings. The van der Waals surface area contributed by atoms with Crippen molar-refractivity contribution >= 4 is 29.0 Å². The maximum absolute atomic E-state index is 13.6. The van der Waals surface area contributed by atoms with Crippen LogP contribution >= 0.6 is 11.6 Å². The smallest absolute Gasteiger partial charge is 0.306 e. The van der Waals surface area contributed by atoms with E-state index < -0.39 is 33.7 Å². The zero-order valence-corrected chi connectivity index (χ0v) is 10.9. The van der Waals surface area contributed by atoms with Gasteiger partial charge in [0.25, 0.3) is 5.91 Å². The van der Waals surface area contributed by atoms with Crippen LogP contribution in [0.2, 0.25) is 5.02 Å². The molecule has 0 aliphatic heterocycles. The third-order valence-corrected chi connectivity index (χ3v) is 2.67. The molecular formula is C12H6ClF2N3O3. The molecule has 9 heteroatoms. The second-order valence-corrected chi connectivity index (χ2v) is 4.29. The zero-order valence-electron chi connectivity index (χ0n) is 10.1. The highest BCUT2D eigenvalue weighted by Crippen LogP contribution is 2.22. The van der Waals surface area contributed by atoms with Crippen molar-refractivity contribution < 1.29 is 18.5 Å². The summed E-state index contributed by atoms with van der Waals surface area (Å²) in [5, 5.41) is 13.0. The van der Waals surface area contributed by atoms with Crippen molar-refractivity contribution in [3.63, 3.8) is 0 Å². The second-order valence-electron chi connectivity index (χ2n) is 3.86. The Morgan fingerprint density at radius 1 is 1.29 bits per heavy atom. The predicted molar refractivity (Wildman–Crippen MR) is 70.2 cm³/mol. The molecule has 2 rings (SSSR count). The second kappa shape index (κ2) is 5.80. The van der Waals surface area contributed by atoms with Gasteiger partial charge in [-0.05, 0) is 18.2 Å². The molecule has 0 bridgehead atoms. The molecular weight excluding hydrogens is 308 g/mol. The topological polar surface area (TPSA) is 85.1 Å². The van der Waals surface area contributed by atoms with E-state index in [9.17, 15) is 23.7 Å². The van der Waals surface area contributed by atoms with E-state index in [0.29, 0.717) is 17.2 Å². The molecule has 108 valence electrons. The third kappa shape index (κ3) is 3.29. The van der Waals surface area contributed by atoms with Crippen molar-refractivity contribution in [3.8, 4) is 0 Å². The Bertz CT molecular complexity index is 722. The van der Waals surface area contributed by atoms with Gasteiger partial charge in [-0.3, -0.25) is 14.9 Å². The first-order valence-electron chi connectivity index (χ1n) is 5.45. The molecule has 1 amide bonds. The van der Waals surface area contributed by atoms with Gasteiger partial charge >= 0.3 is 5.69 Å². The maximum atomic E-state index is 13.6. The molecule has 0 aliphatic rings. The highest BCUT2D eigenvalue weighted by Gasteiger charge is 2.22. The number of halogens is 3. The van der Waals surface area contributed by atoms with Gasteiger partial charge in [0.1, 0.15) is 11.6 Å². The highest BCUT2D eigenvalue weighted by atomic mass is 35.5. The lowest BCUT2D eigenvalue weighted by Gasteiger charge is -2.06. The number of aromatic nitrogens is 1. The molecule has 0 saturated heterocycles. The van der Waals surface area contributed by atoms with E-state index in [-0.39, 0.29) is 5.82 Å². The van der Waals surface area contributed by atoms with Crippen LogP contribution in [-0.4, -0.2) is 15.8 Å². The van der Waals surface area contributed by atoms with Crippen LogP contribution in [0, 0.1) is 21.7 Å². The van der Waals surface area contributed by atoms with Crippen molar-refractivity contribution in [2.45, 2.75) is 0 Å². The lowest BCUT2D eigenvalue weighted by atomic mass is 10.1. The number of nitrogens with zero attached hydrogens (tertiary/aromatic N) is 2. The lowest BCUT2D eigenvalue weighted by Crippen LogP contribution is -2.15. The molecule has 0 radical (unpaired) electrons. The van der Waals surface area contributed by atoms with Crippen molar-refractivity contribution in [2.24, 2.45) is 0 Å². The quantitative estimate of drug-likeness (QED) is 0.696. The van der Waals surface area contributed by atoms with Gasteiger partial charge in [-0.1, -0.05) is 11.6 Å². The normalized spacial score (nSPS) is 10.2. The van der Waals surface area contributed by atoms with Gasteiger partial charge in [-0.15, -0.1) is 0 Å². The first kappa shape index (κ1) is 14.8. The lowest BCUT2D eigenvalue weighted by molar-refractivity contribution is -0.387. The Morgan fingerprint density at radius 3 is 2.57 bits per heavy atom. The van der Waals surface area contributed by atoms with Gasteiger partial charge in [0, 0.05) is 6.20 Å². The fourth-order valence-electron chi connectivity index (χ4n) is 1.48. The van der Waals surface area contributed by atoms with E-state index in [4.69, 9.17) is 11.6 Å². The van der Waals surface area contributed by atoms with E-state index in [1.165, 1.54) is 18.3 Å². The van der Waals surface area contributed by atoms with Crippen LogP contribution in [0.25, 0.3) is 0 Å². The van der Waals surface area contributed by atoms with E-state index in [0.717, 1.165) is 0 Å². The number of rotatable bonds is 3. The molecule has 0 spiro atoms. The van der Waals surface area contributed by atoms with Gasteiger partial charge in [-0.2, -0.15) is 4.39 Å². The number of amides is 1. The number of hydrogen-bond acceptors (Lipinski definition) is 4. The minimum absolute atomic E-state index is 0.0718. The van der Waals surface area contributed by atoms with Crippen LogP contribution in [0.15, 0.2) is 30.5 Å². The van der Waals surface area contributed by atoms with E-state index in [1.54, 1.807) is 0 Å². The van der Waals surface area contributed by atoms with Crippen molar-refractivity contribution in [3.05, 3.63) is 62.8 Å². The number of anilines is 1. The van der Waals surface area contributed by atoms with Gasteiger partial charge in [-0.25, -0.2) is 9.37 Å². The minimum atomic E-state index is -1.31. The van der Waals surface area contributed by atoms with Crippen LogP contribution in [0.5, 0.6) is 0 Å². The number of nitro benzene ring substituents is 1. The highest BCUT2D eigenvalue weighted by molar-refractivity contribution is 6.30. The minimum Gasteiger partial charge on any atom is -0.306 e. The average molecular weight is 314 g/mol. The predicted octanol–water partition coefficient (Wildman–Crippen LogP) is 3.17. The summed E-state index contributed by atoms with van der Waals surface area (Å²) in [4.78, 5) is 24.9. The molecule has 1 N–H and O–H groups in total. The molecule has 6 nitrogen and oxygen atoms in total. The van der Waals surface area contributed by atoms with E-state index in [1.807, 2.05) is 0 Å². The molecule has 1 heterocycles. The first-order valence-corrected chi connectivity index (χ1v) is 5.82. The Balaban J connectivity index is 2.29. The molecule has 0 unspecified atom stereocenters. The zero-order chi connectivity index (χ0) is 15.6. The number of nitro groups is 1. The summed E-state index contributed by atoms with van der Waals surface area (Å²) in [5.41, 5.74) is -1.72. The molecule has 21 heavy (non-hydrogen) atoms. The number of carbonyl (C=O) groups is 1. The summed E-state index contributed by atoms with van der Waals surface area (Å²) in [6.07, 6.45) is 1.25. The van der Waals surface area contributed by atoms with Gasteiger partial charge in [0.15, 0.2) is 0 Å². The van der Waals surface area contributed by atoms with Crippen molar-refractivity contribution in [1.82, 2.24) is 4.98 Å². The van der Waals surface area contributed by atoms with Gasteiger partial charge in [0.2, 0.25) is 5.82 Å². The molecule has 0 saturated carbocycles. The average Bonchev–Trinajstić information content (AvgIpc) is 2.43. The Morgan fingerprint density at radius 2 is 2.00 bits per heavy atom. The summed E-state index contributed by atoms with van der Waals surface area (Å²) < 4.78 is 27.0. The Labute approximate surface area is 121 Å². The fraction of sp³-hybridized carbons (Fsp3) is 0. The van der Waals surface area contributed by atoms with Crippen molar-refractivity contribution in [2.75, 3.05) is 5.32 Å². The van der Waals surface area contributed by atoms with Crippen LogP contribution in [0.3, 0.4) is 0 Å². The third-order valence-electron chi connectivity index (χ3n) is 2.45. The largest absolute Gasteiger partial charge is 0.307 e. The summed E-state index contributed by atoms with van der Waals surface area (Å²) in [6, 6.07) is 3.61. The fourth-order valence-corrected chi connectivity index (χ4v) is 1.60. The molecule has 0 atom stereocenters. The number of carbonyl (C=O) groups excluding carboxylic acids is 1. The monoisotopic (exact) mass is 313 g/mol. The number of hydrogen-bond donors (Lipinski definition) is 1. The molecule has 1 aromatic carbocycles. The number of nitrogens with one attached hydrogen (secondary N) is 1. The summed E-state index contributed by atoms with van der Waals surface area (Å²) in [5.74, 6) is -3.44. The van der Waals surface area contributed by atoms with E-state index >= 15 is 0 Å². The number of pyridine rings is 1. The van der Waals surface area contributed by atoms with Crippen LogP contribution in [0.4, 0.5) is 20.3 Å². The first-order chi connectivity index (χ1) is 9.88. The van der Waals surface area contributed by atoms with Gasteiger partial charge in [0.05, 0.1) is 21.6 Å². The number of benzene rings is 1. The summed E-state index contributed by atoms with van der Waals surface area (Å²) >= 11 is 5.61. The summed E-state index contributed by atoms with van der Waals surface area (Å²) in [7, 11) is 0. The molecule has 0 aliphatic carbocycles. The SMILES string of the molecule is O=C(Nc1ccc(Cl)cn1)c1cc(F)c([N+](=O)[O-])cc1F. The van der Waals surface area contributed by atoms with E-state index in [2.05, 4.69) is 10.3 Å². The Hall–Kier alpha value is -2.61.